The van der Waals surface area contributed by atoms with Crippen molar-refractivity contribution >= 4 is 5.97 Å². The molecule has 2 rings (SSSR count). The van der Waals surface area contributed by atoms with E-state index in [1.54, 1.807) is 24.3 Å². The highest BCUT2D eigenvalue weighted by Gasteiger charge is 2.48. The minimum atomic E-state index is -4.65. The number of carbonyl (C=O) groups is 1. The molecule has 0 spiro atoms. The molecule has 0 aliphatic carbocycles. The van der Waals surface area contributed by atoms with E-state index in [1.807, 2.05) is 0 Å². The third-order valence-corrected chi connectivity index (χ3v) is 4.04. The molecule has 0 aromatic heterocycles. The first-order chi connectivity index (χ1) is 12.3. The number of hydrogen-bond acceptors (Lipinski definition) is 4. The van der Waals surface area contributed by atoms with Gasteiger partial charge in [-0.1, -0.05) is 30.4 Å². The molecule has 144 valence electrons. The Hall–Kier alpha value is -2.06. The fourth-order valence-corrected chi connectivity index (χ4v) is 2.76. The number of rotatable bonds is 7. The summed E-state index contributed by atoms with van der Waals surface area (Å²) in [6.45, 7) is -0.164. The quantitative estimate of drug-likeness (QED) is 0.553. The van der Waals surface area contributed by atoms with Gasteiger partial charge in [-0.2, -0.15) is 13.2 Å². The van der Waals surface area contributed by atoms with Crippen molar-refractivity contribution in [2.24, 2.45) is 5.92 Å². The molecule has 0 radical (unpaired) electrons. The van der Waals surface area contributed by atoms with E-state index in [1.165, 1.54) is 12.1 Å². The molecule has 5 nitrogen and oxygen atoms in total. The van der Waals surface area contributed by atoms with Crippen molar-refractivity contribution in [3.63, 3.8) is 0 Å². The lowest BCUT2D eigenvalue weighted by molar-refractivity contribution is -0.353. The topological polar surface area (TPSA) is 76.0 Å². The third kappa shape index (κ3) is 5.74. The zero-order valence-corrected chi connectivity index (χ0v) is 14.0. The van der Waals surface area contributed by atoms with Gasteiger partial charge in [0.05, 0.1) is 12.7 Å². The summed E-state index contributed by atoms with van der Waals surface area (Å²) in [6, 6.07) is 6.13. The Morgan fingerprint density at radius 2 is 2.00 bits per heavy atom. The molecule has 3 atom stereocenters. The van der Waals surface area contributed by atoms with Crippen molar-refractivity contribution in [2.45, 2.75) is 44.3 Å². The summed E-state index contributed by atoms with van der Waals surface area (Å²) in [5.41, 5.74) is 0.286. The van der Waals surface area contributed by atoms with Crippen LogP contribution in [0.1, 0.15) is 37.4 Å². The first-order valence-corrected chi connectivity index (χ1v) is 8.27. The monoisotopic (exact) mass is 374 g/mol. The molecular weight excluding hydrogens is 353 g/mol. The predicted octanol–water partition coefficient (Wildman–Crippen LogP) is 4.19. The van der Waals surface area contributed by atoms with Crippen LogP contribution in [-0.2, 0) is 14.3 Å². The number of carboxylic acids is 1. The van der Waals surface area contributed by atoms with Crippen LogP contribution >= 0.6 is 0 Å². The second kappa shape index (κ2) is 9.05. The highest BCUT2D eigenvalue weighted by atomic mass is 19.4. The number of halogens is 3. The smallest absolute Gasteiger partial charge is 0.440 e. The van der Waals surface area contributed by atoms with Crippen LogP contribution in [0.4, 0.5) is 13.2 Å². The van der Waals surface area contributed by atoms with Crippen molar-refractivity contribution in [1.82, 2.24) is 0 Å². The molecular formula is C18H21F3O5. The van der Waals surface area contributed by atoms with Gasteiger partial charge in [0, 0.05) is 17.9 Å². The molecule has 1 aromatic rings. The molecule has 1 fully saturated rings. The molecule has 1 aliphatic rings. The zero-order valence-electron chi connectivity index (χ0n) is 14.0. The molecule has 0 saturated carbocycles. The lowest BCUT2D eigenvalue weighted by Gasteiger charge is -2.37. The van der Waals surface area contributed by atoms with E-state index in [-0.39, 0.29) is 24.3 Å². The molecule has 1 saturated heterocycles. The third-order valence-electron chi connectivity index (χ3n) is 4.04. The standard InChI is InChI=1S/C18H21F3O5/c19-18(20,21)17-25-11-12(7-3-1-2-4-10-15(23)24)16(26-17)13-8-5-6-9-14(13)22/h1,3,5-6,8-9,12,16-17,22H,2,4,7,10-11H2,(H,23,24)/b3-1-/t12-,16+,17?/m1/s1. The van der Waals surface area contributed by atoms with Crippen molar-refractivity contribution in [3.8, 4) is 5.75 Å². The number of allylic oxidation sites excluding steroid dienone is 2. The van der Waals surface area contributed by atoms with Crippen LogP contribution in [0, 0.1) is 5.92 Å². The molecule has 2 N–H and O–H groups in total. The number of carboxylic acid groups (broad SMARTS) is 1. The maximum atomic E-state index is 12.9. The van der Waals surface area contributed by atoms with Gasteiger partial charge >= 0.3 is 12.1 Å². The average Bonchev–Trinajstić information content (AvgIpc) is 2.57. The number of ether oxygens (including phenoxy) is 2. The van der Waals surface area contributed by atoms with Crippen molar-refractivity contribution in [3.05, 3.63) is 42.0 Å². The van der Waals surface area contributed by atoms with Crippen LogP contribution in [0.15, 0.2) is 36.4 Å². The summed E-state index contributed by atoms with van der Waals surface area (Å²) < 4.78 is 48.8. The Labute approximate surface area is 149 Å². The maximum absolute atomic E-state index is 12.9. The first-order valence-electron chi connectivity index (χ1n) is 8.27. The number of hydrogen-bond donors (Lipinski definition) is 2. The van der Waals surface area contributed by atoms with Crippen molar-refractivity contribution < 1.29 is 37.7 Å². The maximum Gasteiger partial charge on any atom is 0.440 e. The van der Waals surface area contributed by atoms with Gasteiger partial charge in [0.2, 0.25) is 0 Å². The number of benzene rings is 1. The van der Waals surface area contributed by atoms with Gasteiger partial charge in [-0.05, 0) is 25.3 Å². The molecule has 1 aromatic carbocycles. The van der Waals surface area contributed by atoms with E-state index in [9.17, 15) is 23.1 Å². The number of aromatic hydroxyl groups is 1. The van der Waals surface area contributed by atoms with E-state index >= 15 is 0 Å². The molecule has 1 unspecified atom stereocenters. The minimum absolute atomic E-state index is 0.0633. The average molecular weight is 374 g/mol. The highest BCUT2D eigenvalue weighted by molar-refractivity contribution is 5.66. The summed E-state index contributed by atoms with van der Waals surface area (Å²) in [7, 11) is 0. The number of phenolic OH excluding ortho intramolecular Hbond substituents is 1. The van der Waals surface area contributed by atoms with Crippen molar-refractivity contribution in [1.29, 1.82) is 0 Å². The zero-order chi connectivity index (χ0) is 19.2. The Morgan fingerprint density at radius 1 is 1.27 bits per heavy atom. The second-order valence-electron chi connectivity index (χ2n) is 6.08. The van der Waals surface area contributed by atoms with Gasteiger partial charge in [0.15, 0.2) is 0 Å². The predicted molar refractivity (Wildman–Crippen MR) is 86.5 cm³/mol. The molecule has 8 heteroatoms. The summed E-state index contributed by atoms with van der Waals surface area (Å²) in [6.07, 6.45) is -2.87. The van der Waals surface area contributed by atoms with E-state index in [0.29, 0.717) is 19.3 Å². The van der Waals surface area contributed by atoms with Gasteiger partial charge in [-0.15, -0.1) is 0 Å². The Morgan fingerprint density at radius 3 is 2.65 bits per heavy atom. The molecule has 26 heavy (non-hydrogen) atoms. The fourth-order valence-electron chi connectivity index (χ4n) is 2.76. The Kier molecular flexibility index (Phi) is 7.05. The Bertz CT molecular complexity index is 629. The summed E-state index contributed by atoms with van der Waals surface area (Å²) >= 11 is 0. The molecule has 0 amide bonds. The van der Waals surface area contributed by atoms with E-state index in [4.69, 9.17) is 14.6 Å². The number of para-hydroxylation sites is 1. The van der Waals surface area contributed by atoms with Crippen LogP contribution in [0.2, 0.25) is 0 Å². The minimum Gasteiger partial charge on any atom is -0.508 e. The van der Waals surface area contributed by atoms with Crippen molar-refractivity contribution in [2.75, 3.05) is 6.61 Å². The van der Waals surface area contributed by atoms with E-state index in [2.05, 4.69) is 0 Å². The second-order valence-corrected chi connectivity index (χ2v) is 6.08. The van der Waals surface area contributed by atoms with Gasteiger partial charge in [0.1, 0.15) is 5.75 Å². The van der Waals surface area contributed by atoms with Crippen LogP contribution in [-0.4, -0.2) is 35.3 Å². The van der Waals surface area contributed by atoms with E-state index < -0.39 is 30.5 Å². The Balaban J connectivity index is 2.05. The normalized spacial score (nSPS) is 24.0. The SMILES string of the molecule is O=C(O)CCC/C=C\C[C@@H]1COC(C(F)(F)F)O[C@@H]1c1ccccc1O. The van der Waals surface area contributed by atoms with E-state index in [0.717, 1.165) is 0 Å². The van der Waals surface area contributed by atoms with Gasteiger partial charge in [-0.25, -0.2) is 0 Å². The van der Waals surface area contributed by atoms with Crippen LogP contribution in [0.3, 0.4) is 0 Å². The van der Waals surface area contributed by atoms with Gasteiger partial charge in [0.25, 0.3) is 6.29 Å². The van der Waals surface area contributed by atoms with Crippen LogP contribution in [0.5, 0.6) is 5.75 Å². The first kappa shape index (κ1) is 20.3. The summed E-state index contributed by atoms with van der Waals surface area (Å²) in [5, 5.41) is 18.6. The largest absolute Gasteiger partial charge is 0.508 e. The summed E-state index contributed by atoms with van der Waals surface area (Å²) in [4.78, 5) is 10.5. The lowest BCUT2D eigenvalue weighted by Crippen LogP contribution is -2.43. The number of aliphatic carboxylic acids is 1. The lowest BCUT2D eigenvalue weighted by atomic mass is 9.91. The number of unbranched alkanes of at least 4 members (excludes halogenated alkanes) is 1. The molecule has 1 aliphatic heterocycles. The van der Waals surface area contributed by atoms with Crippen LogP contribution in [0.25, 0.3) is 0 Å². The molecule has 1 heterocycles. The highest BCUT2D eigenvalue weighted by Crippen LogP contribution is 2.41. The van der Waals surface area contributed by atoms with Gasteiger partial charge < -0.3 is 19.7 Å². The number of alkyl halides is 3. The summed E-state index contributed by atoms with van der Waals surface area (Å²) in [5.74, 6) is -1.40. The van der Waals surface area contributed by atoms with Gasteiger partial charge in [-0.3, -0.25) is 4.79 Å². The van der Waals surface area contributed by atoms with Crippen LogP contribution < -0.4 is 0 Å². The molecule has 0 bridgehead atoms. The number of phenols is 1. The fraction of sp³-hybridized carbons (Fsp3) is 0.500.